The molecular weight excluding hydrogens is 220 g/mol. The van der Waals surface area contributed by atoms with Gasteiger partial charge in [0.25, 0.3) is 0 Å². The van der Waals surface area contributed by atoms with E-state index in [2.05, 4.69) is 9.71 Å². The Morgan fingerprint density at radius 1 is 1.53 bits per heavy atom. The second-order valence-electron chi connectivity index (χ2n) is 2.81. The monoisotopic (exact) mass is 230 g/mol. The maximum Gasteiger partial charge on any atom is 0.304 e. The molecule has 0 unspecified atom stereocenters. The molecule has 2 N–H and O–H groups in total. The molecular formula is C8H10N2O4S. The van der Waals surface area contributed by atoms with E-state index in [0.29, 0.717) is 5.69 Å². The first-order chi connectivity index (χ1) is 6.99. The summed E-state index contributed by atoms with van der Waals surface area (Å²) >= 11 is 0. The molecule has 82 valence electrons. The van der Waals surface area contributed by atoms with Gasteiger partial charge in [0.2, 0.25) is 10.0 Å². The molecule has 1 aromatic rings. The topological polar surface area (TPSA) is 96.4 Å². The van der Waals surface area contributed by atoms with Crippen molar-refractivity contribution in [2.45, 2.75) is 6.42 Å². The molecule has 0 radical (unpaired) electrons. The summed E-state index contributed by atoms with van der Waals surface area (Å²) in [5, 5.41) is 8.34. The standard InChI is InChI=1S/C8H10N2O4S/c11-8(12)3-5-15(13,14)10-7-2-1-4-9-6-7/h1-2,4,6,10H,3,5H2,(H,11,12). The number of aromatic nitrogens is 1. The van der Waals surface area contributed by atoms with Crippen molar-refractivity contribution < 1.29 is 18.3 Å². The quantitative estimate of drug-likeness (QED) is 0.758. The molecule has 0 amide bonds. The molecule has 0 aromatic carbocycles. The summed E-state index contributed by atoms with van der Waals surface area (Å²) < 4.78 is 24.8. The first-order valence-electron chi connectivity index (χ1n) is 4.12. The summed E-state index contributed by atoms with van der Waals surface area (Å²) in [6, 6.07) is 3.11. The smallest absolute Gasteiger partial charge is 0.304 e. The molecule has 0 saturated heterocycles. The van der Waals surface area contributed by atoms with Gasteiger partial charge in [-0.05, 0) is 12.1 Å². The number of nitrogens with zero attached hydrogens (tertiary/aromatic N) is 1. The summed E-state index contributed by atoms with van der Waals surface area (Å²) in [4.78, 5) is 13.9. The molecule has 0 aliphatic heterocycles. The molecule has 1 heterocycles. The van der Waals surface area contributed by atoms with Crippen LogP contribution in [0.4, 0.5) is 5.69 Å². The number of carboxylic acid groups (broad SMARTS) is 1. The van der Waals surface area contributed by atoms with Crippen LogP contribution in [0.25, 0.3) is 0 Å². The molecule has 7 heteroatoms. The van der Waals surface area contributed by atoms with Gasteiger partial charge < -0.3 is 5.11 Å². The van der Waals surface area contributed by atoms with Crippen LogP contribution in [0.15, 0.2) is 24.5 Å². The van der Waals surface area contributed by atoms with Crippen molar-refractivity contribution in [3.8, 4) is 0 Å². The Morgan fingerprint density at radius 2 is 2.27 bits per heavy atom. The number of nitrogens with one attached hydrogen (secondary N) is 1. The molecule has 0 bridgehead atoms. The summed E-state index contributed by atoms with van der Waals surface area (Å²) in [7, 11) is -3.60. The molecule has 0 aliphatic rings. The Balaban J connectivity index is 2.61. The second-order valence-corrected chi connectivity index (χ2v) is 4.65. The van der Waals surface area contributed by atoms with Crippen LogP contribution in [0, 0.1) is 0 Å². The highest BCUT2D eigenvalue weighted by Crippen LogP contribution is 2.06. The van der Waals surface area contributed by atoms with Crippen LogP contribution < -0.4 is 4.72 Å². The van der Waals surface area contributed by atoms with Crippen molar-refractivity contribution in [1.82, 2.24) is 4.98 Å². The third kappa shape index (κ3) is 4.41. The van der Waals surface area contributed by atoms with E-state index in [1.54, 1.807) is 6.07 Å². The normalized spacial score (nSPS) is 10.9. The number of pyridine rings is 1. The highest BCUT2D eigenvalue weighted by Gasteiger charge is 2.12. The lowest BCUT2D eigenvalue weighted by atomic mass is 10.4. The molecule has 0 saturated carbocycles. The largest absolute Gasteiger partial charge is 0.481 e. The van der Waals surface area contributed by atoms with Gasteiger partial charge in [0.15, 0.2) is 0 Å². The zero-order valence-corrected chi connectivity index (χ0v) is 8.57. The van der Waals surface area contributed by atoms with Crippen molar-refractivity contribution in [1.29, 1.82) is 0 Å². The third-order valence-electron chi connectivity index (χ3n) is 1.52. The Bertz CT molecular complexity index is 429. The lowest BCUT2D eigenvalue weighted by molar-refractivity contribution is -0.136. The molecule has 0 spiro atoms. The van der Waals surface area contributed by atoms with Gasteiger partial charge in [-0.25, -0.2) is 8.42 Å². The van der Waals surface area contributed by atoms with Crippen LogP contribution in [0.3, 0.4) is 0 Å². The van der Waals surface area contributed by atoms with Crippen molar-refractivity contribution in [3.63, 3.8) is 0 Å². The van der Waals surface area contributed by atoms with Crippen molar-refractivity contribution in [3.05, 3.63) is 24.5 Å². The maximum absolute atomic E-state index is 11.3. The van der Waals surface area contributed by atoms with Crippen LogP contribution in [0.2, 0.25) is 0 Å². The number of carbonyl (C=O) groups is 1. The lowest BCUT2D eigenvalue weighted by Gasteiger charge is -2.05. The Hall–Kier alpha value is -1.63. The number of rotatable bonds is 5. The summed E-state index contributed by atoms with van der Waals surface area (Å²) in [5.74, 6) is -1.59. The molecule has 1 aromatic heterocycles. The van der Waals surface area contributed by atoms with Gasteiger partial charge in [-0.15, -0.1) is 0 Å². The van der Waals surface area contributed by atoms with Crippen molar-refractivity contribution in [2.75, 3.05) is 10.5 Å². The van der Waals surface area contributed by atoms with Gasteiger partial charge in [0.1, 0.15) is 0 Å². The van der Waals surface area contributed by atoms with Crippen LogP contribution in [0.5, 0.6) is 0 Å². The SMILES string of the molecule is O=C(O)CCS(=O)(=O)Nc1cccnc1. The van der Waals surface area contributed by atoms with E-state index in [-0.39, 0.29) is 0 Å². The number of hydrogen-bond acceptors (Lipinski definition) is 4. The minimum atomic E-state index is -3.60. The fraction of sp³-hybridized carbons (Fsp3) is 0.250. The Morgan fingerprint density at radius 3 is 2.80 bits per heavy atom. The summed E-state index contributed by atoms with van der Waals surface area (Å²) in [6.45, 7) is 0. The molecule has 0 fully saturated rings. The predicted molar refractivity (Wildman–Crippen MR) is 53.9 cm³/mol. The Kier molecular flexibility index (Phi) is 3.62. The number of aliphatic carboxylic acids is 1. The van der Waals surface area contributed by atoms with Gasteiger partial charge in [-0.1, -0.05) is 0 Å². The zero-order valence-electron chi connectivity index (χ0n) is 7.75. The van der Waals surface area contributed by atoms with Gasteiger partial charge in [0, 0.05) is 6.20 Å². The van der Waals surface area contributed by atoms with E-state index >= 15 is 0 Å². The molecule has 15 heavy (non-hydrogen) atoms. The number of sulfonamides is 1. The van der Waals surface area contributed by atoms with Crippen LogP contribution in [-0.4, -0.2) is 30.2 Å². The van der Waals surface area contributed by atoms with E-state index in [9.17, 15) is 13.2 Å². The van der Waals surface area contributed by atoms with E-state index in [1.165, 1.54) is 18.5 Å². The fourth-order valence-corrected chi connectivity index (χ4v) is 1.90. The molecule has 0 atom stereocenters. The summed E-state index contributed by atoms with van der Waals surface area (Å²) in [6.07, 6.45) is 2.43. The molecule has 1 rings (SSSR count). The molecule has 6 nitrogen and oxygen atoms in total. The highest BCUT2D eigenvalue weighted by molar-refractivity contribution is 7.92. The number of carboxylic acids is 1. The van der Waals surface area contributed by atoms with E-state index in [1.807, 2.05) is 0 Å². The van der Waals surface area contributed by atoms with Crippen LogP contribution in [0.1, 0.15) is 6.42 Å². The number of hydrogen-bond donors (Lipinski definition) is 2. The van der Waals surface area contributed by atoms with Crippen LogP contribution >= 0.6 is 0 Å². The highest BCUT2D eigenvalue weighted by atomic mass is 32.2. The minimum absolute atomic E-state index is 0.322. The first-order valence-corrected chi connectivity index (χ1v) is 5.77. The van der Waals surface area contributed by atoms with E-state index in [4.69, 9.17) is 5.11 Å². The van der Waals surface area contributed by atoms with Gasteiger partial charge in [-0.2, -0.15) is 0 Å². The summed E-state index contributed by atoms with van der Waals surface area (Å²) in [5.41, 5.74) is 0.322. The average Bonchev–Trinajstić information content (AvgIpc) is 2.16. The van der Waals surface area contributed by atoms with Gasteiger partial charge in [-0.3, -0.25) is 14.5 Å². The average molecular weight is 230 g/mol. The lowest BCUT2D eigenvalue weighted by Crippen LogP contribution is -2.18. The predicted octanol–water partition coefficient (Wildman–Crippen LogP) is 0.298. The number of anilines is 1. The Labute approximate surface area is 87.0 Å². The van der Waals surface area contributed by atoms with Gasteiger partial charge in [0.05, 0.1) is 24.1 Å². The van der Waals surface area contributed by atoms with E-state index < -0.39 is 28.2 Å². The van der Waals surface area contributed by atoms with E-state index in [0.717, 1.165) is 0 Å². The first kappa shape index (κ1) is 11.4. The third-order valence-corrected chi connectivity index (χ3v) is 2.81. The zero-order chi connectivity index (χ0) is 11.3. The van der Waals surface area contributed by atoms with Gasteiger partial charge >= 0.3 is 5.97 Å². The fourth-order valence-electron chi connectivity index (χ4n) is 0.875. The van der Waals surface area contributed by atoms with Crippen molar-refractivity contribution >= 4 is 21.7 Å². The van der Waals surface area contributed by atoms with Crippen LogP contribution in [-0.2, 0) is 14.8 Å². The van der Waals surface area contributed by atoms with Crippen molar-refractivity contribution in [2.24, 2.45) is 0 Å². The maximum atomic E-state index is 11.3. The molecule has 0 aliphatic carbocycles. The second kappa shape index (κ2) is 4.74. The minimum Gasteiger partial charge on any atom is -0.481 e.